The van der Waals surface area contributed by atoms with Gasteiger partial charge >= 0.3 is 0 Å². The quantitative estimate of drug-likeness (QED) is 0.735. The van der Waals surface area contributed by atoms with Crippen LogP contribution in [0.2, 0.25) is 5.02 Å². The van der Waals surface area contributed by atoms with Crippen molar-refractivity contribution >= 4 is 11.6 Å². The van der Waals surface area contributed by atoms with Gasteiger partial charge in [-0.05, 0) is 38.8 Å². The molecule has 1 aromatic carbocycles. The van der Waals surface area contributed by atoms with Crippen LogP contribution in [0, 0.1) is 0 Å². The fourth-order valence-electron chi connectivity index (χ4n) is 2.99. The molecule has 1 fully saturated rings. The fourth-order valence-corrected chi connectivity index (χ4v) is 3.12. The standard InChI is InChI=1S/C18H23ClN2O2/c1-14-15(2)23-18(22-14,16-5-7-17(19)8-6-16)9-3-4-11-21-12-10-20-13-21/h5-8,10,12-15H,3-4,9,11H2,1-2H3. The Bertz CT molecular complexity index is 602. The first-order chi connectivity index (χ1) is 11.1. The van der Waals surface area contributed by atoms with E-state index in [1.54, 1.807) is 0 Å². The van der Waals surface area contributed by atoms with Gasteiger partial charge in [0.2, 0.25) is 0 Å². The summed E-state index contributed by atoms with van der Waals surface area (Å²) in [5, 5.41) is 0.725. The predicted molar refractivity (Wildman–Crippen MR) is 90.3 cm³/mol. The number of hydrogen-bond acceptors (Lipinski definition) is 3. The van der Waals surface area contributed by atoms with Gasteiger partial charge in [0.15, 0.2) is 5.79 Å². The highest BCUT2D eigenvalue weighted by Crippen LogP contribution is 2.41. The number of unbranched alkanes of at least 4 members (excludes halogenated alkanes) is 1. The normalized spacial score (nSPS) is 27.4. The van der Waals surface area contributed by atoms with Crippen LogP contribution in [0.15, 0.2) is 43.0 Å². The van der Waals surface area contributed by atoms with E-state index in [1.807, 2.05) is 43.0 Å². The Kier molecular flexibility index (Phi) is 5.05. The first-order valence-electron chi connectivity index (χ1n) is 8.16. The molecule has 5 heteroatoms. The molecule has 3 rings (SSSR count). The average molecular weight is 335 g/mol. The molecular weight excluding hydrogens is 312 g/mol. The molecule has 2 unspecified atom stereocenters. The fraction of sp³-hybridized carbons (Fsp3) is 0.500. The molecule has 2 atom stereocenters. The van der Waals surface area contributed by atoms with Crippen molar-refractivity contribution in [3.8, 4) is 0 Å². The summed E-state index contributed by atoms with van der Waals surface area (Å²) < 4.78 is 14.6. The number of aromatic nitrogens is 2. The van der Waals surface area contributed by atoms with Crippen molar-refractivity contribution in [2.45, 2.75) is 57.6 Å². The van der Waals surface area contributed by atoms with Gasteiger partial charge in [-0.3, -0.25) is 0 Å². The SMILES string of the molecule is CC1OC(CCCCn2ccnc2)(c2ccc(Cl)cc2)OC1C. The number of hydrogen-bond donors (Lipinski definition) is 0. The minimum atomic E-state index is -0.654. The van der Waals surface area contributed by atoms with Crippen LogP contribution in [-0.2, 0) is 21.8 Å². The number of benzene rings is 1. The van der Waals surface area contributed by atoms with Gasteiger partial charge in [0.05, 0.1) is 18.5 Å². The van der Waals surface area contributed by atoms with Gasteiger partial charge in [0.1, 0.15) is 0 Å². The number of halogens is 1. The molecule has 23 heavy (non-hydrogen) atoms. The third-order valence-electron chi connectivity index (χ3n) is 4.43. The van der Waals surface area contributed by atoms with Crippen LogP contribution in [0.1, 0.15) is 38.7 Å². The molecule has 0 N–H and O–H groups in total. The Balaban J connectivity index is 1.67. The highest BCUT2D eigenvalue weighted by atomic mass is 35.5. The lowest BCUT2D eigenvalue weighted by Crippen LogP contribution is -2.28. The Hall–Kier alpha value is -1.36. The Labute approximate surface area is 142 Å². The first-order valence-corrected chi connectivity index (χ1v) is 8.54. The van der Waals surface area contributed by atoms with Crippen LogP contribution in [0.5, 0.6) is 0 Å². The van der Waals surface area contributed by atoms with E-state index < -0.39 is 5.79 Å². The summed E-state index contributed by atoms with van der Waals surface area (Å²) in [6, 6.07) is 7.79. The maximum Gasteiger partial charge on any atom is 0.195 e. The summed E-state index contributed by atoms with van der Waals surface area (Å²) in [4.78, 5) is 4.07. The van der Waals surface area contributed by atoms with Crippen LogP contribution < -0.4 is 0 Å². The summed E-state index contributed by atoms with van der Waals surface area (Å²) in [5.74, 6) is -0.654. The molecule has 1 aromatic heterocycles. The highest BCUT2D eigenvalue weighted by Gasteiger charge is 2.44. The van der Waals surface area contributed by atoms with Crippen molar-refractivity contribution in [2.75, 3.05) is 0 Å². The van der Waals surface area contributed by atoms with E-state index in [9.17, 15) is 0 Å². The minimum absolute atomic E-state index is 0.0827. The Morgan fingerprint density at radius 2 is 1.83 bits per heavy atom. The lowest BCUT2D eigenvalue weighted by Gasteiger charge is -2.29. The third kappa shape index (κ3) is 3.77. The largest absolute Gasteiger partial charge is 0.340 e. The third-order valence-corrected chi connectivity index (χ3v) is 4.68. The smallest absolute Gasteiger partial charge is 0.195 e. The van der Waals surface area contributed by atoms with Crippen molar-refractivity contribution in [3.05, 3.63) is 53.6 Å². The first kappa shape index (κ1) is 16.5. The second kappa shape index (κ2) is 7.04. The molecule has 4 nitrogen and oxygen atoms in total. The Morgan fingerprint density at radius 1 is 1.13 bits per heavy atom. The van der Waals surface area contributed by atoms with E-state index in [1.165, 1.54) is 0 Å². The lowest BCUT2D eigenvalue weighted by molar-refractivity contribution is -0.187. The molecular formula is C18H23ClN2O2. The molecule has 1 aliphatic heterocycles. The molecule has 0 bridgehead atoms. The van der Waals surface area contributed by atoms with Gasteiger partial charge in [0.25, 0.3) is 0 Å². The van der Waals surface area contributed by atoms with Gasteiger partial charge < -0.3 is 14.0 Å². The van der Waals surface area contributed by atoms with Crippen molar-refractivity contribution in [3.63, 3.8) is 0 Å². The van der Waals surface area contributed by atoms with Crippen molar-refractivity contribution < 1.29 is 9.47 Å². The predicted octanol–water partition coefficient (Wildman–Crippen LogP) is 4.38. The zero-order valence-corrected chi connectivity index (χ0v) is 14.4. The van der Waals surface area contributed by atoms with Gasteiger partial charge in [-0.25, -0.2) is 4.98 Å². The molecule has 2 aromatic rings. The van der Waals surface area contributed by atoms with E-state index in [2.05, 4.69) is 23.4 Å². The van der Waals surface area contributed by atoms with Crippen molar-refractivity contribution in [1.29, 1.82) is 0 Å². The van der Waals surface area contributed by atoms with Crippen LogP contribution >= 0.6 is 11.6 Å². The Morgan fingerprint density at radius 3 is 2.43 bits per heavy atom. The van der Waals surface area contributed by atoms with Crippen molar-refractivity contribution in [2.24, 2.45) is 0 Å². The molecule has 0 aliphatic carbocycles. The van der Waals surface area contributed by atoms with Crippen LogP contribution in [-0.4, -0.2) is 21.8 Å². The van der Waals surface area contributed by atoms with E-state index in [-0.39, 0.29) is 12.2 Å². The molecule has 1 aliphatic rings. The molecule has 0 amide bonds. The van der Waals surface area contributed by atoms with E-state index >= 15 is 0 Å². The maximum atomic E-state index is 6.24. The second-order valence-corrected chi connectivity index (χ2v) is 6.60. The van der Waals surface area contributed by atoms with Gasteiger partial charge in [-0.15, -0.1) is 0 Å². The van der Waals surface area contributed by atoms with Crippen LogP contribution in [0.25, 0.3) is 0 Å². The van der Waals surface area contributed by atoms with E-state index in [0.717, 1.165) is 36.4 Å². The van der Waals surface area contributed by atoms with E-state index in [0.29, 0.717) is 0 Å². The minimum Gasteiger partial charge on any atom is -0.340 e. The summed E-state index contributed by atoms with van der Waals surface area (Å²) >= 11 is 6.01. The second-order valence-electron chi connectivity index (χ2n) is 6.16. The number of ether oxygens (including phenoxy) is 2. The number of nitrogens with zero attached hydrogens (tertiary/aromatic N) is 2. The van der Waals surface area contributed by atoms with Gasteiger partial charge in [-0.1, -0.05) is 23.7 Å². The average Bonchev–Trinajstić information content (AvgIpc) is 3.14. The molecule has 0 saturated carbocycles. The molecule has 2 heterocycles. The molecule has 0 radical (unpaired) electrons. The van der Waals surface area contributed by atoms with Gasteiger partial charge in [0, 0.05) is 35.9 Å². The number of rotatable bonds is 6. The van der Waals surface area contributed by atoms with E-state index in [4.69, 9.17) is 21.1 Å². The lowest BCUT2D eigenvalue weighted by atomic mass is 9.99. The van der Waals surface area contributed by atoms with Crippen LogP contribution in [0.3, 0.4) is 0 Å². The molecule has 1 saturated heterocycles. The molecule has 124 valence electrons. The topological polar surface area (TPSA) is 36.3 Å². The number of aryl methyl sites for hydroxylation is 1. The zero-order chi connectivity index (χ0) is 16.3. The summed E-state index contributed by atoms with van der Waals surface area (Å²) in [7, 11) is 0. The zero-order valence-electron chi connectivity index (χ0n) is 13.6. The van der Waals surface area contributed by atoms with Gasteiger partial charge in [-0.2, -0.15) is 0 Å². The van der Waals surface area contributed by atoms with Crippen LogP contribution in [0.4, 0.5) is 0 Å². The summed E-state index contributed by atoms with van der Waals surface area (Å²) in [6.07, 6.45) is 8.71. The highest BCUT2D eigenvalue weighted by molar-refractivity contribution is 6.30. The van der Waals surface area contributed by atoms with Crippen molar-refractivity contribution in [1.82, 2.24) is 9.55 Å². The summed E-state index contributed by atoms with van der Waals surface area (Å²) in [5.41, 5.74) is 1.04. The summed E-state index contributed by atoms with van der Waals surface area (Å²) in [6.45, 7) is 5.09. The maximum absolute atomic E-state index is 6.24. The monoisotopic (exact) mass is 334 g/mol. The molecule has 0 spiro atoms. The number of imidazole rings is 1.